The van der Waals surface area contributed by atoms with E-state index in [4.69, 9.17) is 4.74 Å². The van der Waals surface area contributed by atoms with E-state index in [2.05, 4.69) is 31.2 Å². The van der Waals surface area contributed by atoms with Gasteiger partial charge in [-0.3, -0.25) is 0 Å². The highest BCUT2D eigenvalue weighted by molar-refractivity contribution is 5.88. The molecule has 0 heterocycles. The Morgan fingerprint density at radius 2 is 2.00 bits per heavy atom. The molecule has 1 heteroatoms. The van der Waals surface area contributed by atoms with Crippen molar-refractivity contribution >= 4 is 10.8 Å². The summed E-state index contributed by atoms with van der Waals surface area (Å²) in [6.07, 6.45) is 1.06. The van der Waals surface area contributed by atoms with Crippen molar-refractivity contribution < 1.29 is 4.74 Å². The fourth-order valence-corrected chi connectivity index (χ4v) is 1.69. The zero-order valence-electron chi connectivity index (χ0n) is 8.58. The highest BCUT2D eigenvalue weighted by Crippen LogP contribution is 2.26. The number of fused-ring (bicyclic) bond motifs is 1. The highest BCUT2D eigenvalue weighted by Gasteiger charge is 2.00. The Bertz CT molecular complexity index is 446. The van der Waals surface area contributed by atoms with Gasteiger partial charge in [-0.2, -0.15) is 0 Å². The zero-order chi connectivity index (χ0) is 9.97. The minimum absolute atomic E-state index is 0.956. The van der Waals surface area contributed by atoms with Crippen LogP contribution in [0.5, 0.6) is 5.75 Å². The summed E-state index contributed by atoms with van der Waals surface area (Å²) in [6.45, 7) is 2.16. The van der Waals surface area contributed by atoms with Crippen LogP contribution in [-0.4, -0.2) is 7.11 Å². The quantitative estimate of drug-likeness (QED) is 0.698. The molecule has 0 saturated heterocycles. The van der Waals surface area contributed by atoms with E-state index in [9.17, 15) is 0 Å². The minimum Gasteiger partial charge on any atom is -0.496 e. The van der Waals surface area contributed by atoms with Gasteiger partial charge in [0, 0.05) is 5.39 Å². The zero-order valence-corrected chi connectivity index (χ0v) is 8.58. The highest BCUT2D eigenvalue weighted by atomic mass is 16.5. The first-order chi connectivity index (χ1) is 6.85. The van der Waals surface area contributed by atoms with Gasteiger partial charge in [-0.15, -0.1) is 0 Å². The van der Waals surface area contributed by atoms with E-state index < -0.39 is 0 Å². The second kappa shape index (κ2) is 3.70. The Balaban J connectivity index is 2.70. The van der Waals surface area contributed by atoms with Gasteiger partial charge < -0.3 is 4.74 Å². The molecule has 0 unspecified atom stereocenters. The summed E-state index contributed by atoms with van der Waals surface area (Å²) in [7, 11) is 1.72. The maximum Gasteiger partial charge on any atom is 0.126 e. The molecule has 0 saturated carbocycles. The Morgan fingerprint density at radius 1 is 1.14 bits per heavy atom. The largest absolute Gasteiger partial charge is 0.496 e. The van der Waals surface area contributed by atoms with Crippen LogP contribution in [0.3, 0.4) is 0 Å². The molecule has 2 aromatic rings. The monoisotopic (exact) mass is 186 g/mol. The van der Waals surface area contributed by atoms with Crippen LogP contribution in [0.1, 0.15) is 12.5 Å². The standard InChI is InChI=1S/C13H14O/c1-3-10-7-8-11-5-4-6-13(14-2)12(11)9-10/h4-9H,3H2,1-2H3. The van der Waals surface area contributed by atoms with Gasteiger partial charge in [0.15, 0.2) is 0 Å². The molecule has 0 aliphatic carbocycles. The third-order valence-electron chi connectivity index (χ3n) is 2.53. The van der Waals surface area contributed by atoms with E-state index in [0.29, 0.717) is 0 Å². The SMILES string of the molecule is CCc1ccc2cccc(OC)c2c1. The third kappa shape index (κ3) is 1.46. The second-order valence-corrected chi connectivity index (χ2v) is 3.37. The van der Waals surface area contributed by atoms with Crippen molar-refractivity contribution in [3.05, 3.63) is 42.0 Å². The molecular formula is C13H14O. The summed E-state index contributed by atoms with van der Waals surface area (Å²) in [5, 5.41) is 2.44. The van der Waals surface area contributed by atoms with Gasteiger partial charge in [-0.1, -0.05) is 31.2 Å². The average Bonchev–Trinajstić information content (AvgIpc) is 2.27. The topological polar surface area (TPSA) is 9.23 Å². The Kier molecular flexibility index (Phi) is 2.40. The number of hydrogen-bond acceptors (Lipinski definition) is 1. The summed E-state index contributed by atoms with van der Waals surface area (Å²) < 4.78 is 5.33. The smallest absolute Gasteiger partial charge is 0.126 e. The maximum atomic E-state index is 5.33. The van der Waals surface area contributed by atoms with Crippen LogP contribution in [0, 0.1) is 0 Å². The summed E-state index contributed by atoms with van der Waals surface area (Å²) in [4.78, 5) is 0. The van der Waals surface area contributed by atoms with E-state index in [1.807, 2.05) is 12.1 Å². The van der Waals surface area contributed by atoms with E-state index in [1.165, 1.54) is 16.3 Å². The van der Waals surface area contributed by atoms with Crippen LogP contribution in [-0.2, 0) is 6.42 Å². The molecule has 1 nitrogen and oxygen atoms in total. The van der Waals surface area contributed by atoms with E-state index in [0.717, 1.165) is 12.2 Å². The van der Waals surface area contributed by atoms with Crippen molar-refractivity contribution in [2.45, 2.75) is 13.3 Å². The second-order valence-electron chi connectivity index (χ2n) is 3.37. The van der Waals surface area contributed by atoms with Crippen LogP contribution in [0.2, 0.25) is 0 Å². The lowest BCUT2D eigenvalue weighted by molar-refractivity contribution is 0.420. The molecule has 0 aliphatic rings. The molecule has 72 valence electrons. The average molecular weight is 186 g/mol. The molecule has 0 atom stereocenters. The number of methoxy groups -OCH3 is 1. The number of hydrogen-bond donors (Lipinski definition) is 0. The Labute approximate surface area is 84.3 Å². The Morgan fingerprint density at radius 3 is 2.71 bits per heavy atom. The number of rotatable bonds is 2. The van der Waals surface area contributed by atoms with E-state index in [-0.39, 0.29) is 0 Å². The van der Waals surface area contributed by atoms with E-state index >= 15 is 0 Å². The predicted molar refractivity (Wildman–Crippen MR) is 59.9 cm³/mol. The molecule has 2 aromatic carbocycles. The molecule has 0 radical (unpaired) electrons. The van der Waals surface area contributed by atoms with Crippen LogP contribution in [0.25, 0.3) is 10.8 Å². The molecule has 0 amide bonds. The summed E-state index contributed by atoms with van der Waals surface area (Å²) in [5.41, 5.74) is 1.35. The molecule has 0 spiro atoms. The lowest BCUT2D eigenvalue weighted by Gasteiger charge is -2.06. The lowest BCUT2D eigenvalue weighted by Crippen LogP contribution is -1.86. The first-order valence-corrected chi connectivity index (χ1v) is 4.91. The maximum absolute atomic E-state index is 5.33. The molecule has 14 heavy (non-hydrogen) atoms. The number of aryl methyl sites for hydroxylation is 1. The molecule has 2 rings (SSSR count). The van der Waals surface area contributed by atoms with Gasteiger partial charge in [0.2, 0.25) is 0 Å². The molecule has 0 aliphatic heterocycles. The van der Waals surface area contributed by atoms with Crippen molar-refractivity contribution in [1.82, 2.24) is 0 Å². The first-order valence-electron chi connectivity index (χ1n) is 4.91. The van der Waals surface area contributed by atoms with Crippen molar-refractivity contribution in [1.29, 1.82) is 0 Å². The van der Waals surface area contributed by atoms with Crippen LogP contribution in [0.15, 0.2) is 36.4 Å². The fraction of sp³-hybridized carbons (Fsp3) is 0.231. The number of benzene rings is 2. The summed E-state index contributed by atoms with van der Waals surface area (Å²) in [5.74, 6) is 0.956. The molecule has 0 N–H and O–H groups in total. The number of ether oxygens (including phenoxy) is 1. The van der Waals surface area contributed by atoms with Crippen LogP contribution >= 0.6 is 0 Å². The van der Waals surface area contributed by atoms with Crippen molar-refractivity contribution in [3.63, 3.8) is 0 Å². The molecular weight excluding hydrogens is 172 g/mol. The van der Waals surface area contributed by atoms with Gasteiger partial charge in [0.05, 0.1) is 7.11 Å². The lowest BCUT2D eigenvalue weighted by atomic mass is 10.0. The summed E-state index contributed by atoms with van der Waals surface area (Å²) in [6, 6.07) is 12.7. The van der Waals surface area contributed by atoms with Gasteiger partial charge in [-0.05, 0) is 29.5 Å². The van der Waals surface area contributed by atoms with Gasteiger partial charge in [0.25, 0.3) is 0 Å². The Hall–Kier alpha value is -1.50. The summed E-state index contributed by atoms with van der Waals surface area (Å²) >= 11 is 0. The minimum atomic E-state index is 0.956. The molecule has 0 fully saturated rings. The first kappa shape index (κ1) is 9.07. The van der Waals surface area contributed by atoms with Gasteiger partial charge in [0.1, 0.15) is 5.75 Å². The third-order valence-corrected chi connectivity index (χ3v) is 2.53. The molecule has 0 aromatic heterocycles. The van der Waals surface area contributed by atoms with E-state index in [1.54, 1.807) is 7.11 Å². The normalized spacial score (nSPS) is 10.4. The van der Waals surface area contributed by atoms with Crippen molar-refractivity contribution in [2.75, 3.05) is 7.11 Å². The van der Waals surface area contributed by atoms with Crippen molar-refractivity contribution in [2.24, 2.45) is 0 Å². The van der Waals surface area contributed by atoms with Crippen molar-refractivity contribution in [3.8, 4) is 5.75 Å². The molecule has 0 bridgehead atoms. The van der Waals surface area contributed by atoms with Gasteiger partial charge >= 0.3 is 0 Å². The predicted octanol–water partition coefficient (Wildman–Crippen LogP) is 3.41. The van der Waals surface area contributed by atoms with Gasteiger partial charge in [-0.25, -0.2) is 0 Å². The van der Waals surface area contributed by atoms with Crippen LogP contribution in [0.4, 0.5) is 0 Å². The van der Waals surface area contributed by atoms with Crippen LogP contribution < -0.4 is 4.74 Å². The fourth-order valence-electron chi connectivity index (χ4n) is 1.69.